The summed E-state index contributed by atoms with van der Waals surface area (Å²) in [6.45, 7) is 5.46. The predicted molar refractivity (Wildman–Crippen MR) is 84.8 cm³/mol. The highest BCUT2D eigenvalue weighted by Crippen LogP contribution is 2.19. The zero-order valence-corrected chi connectivity index (χ0v) is 13.3. The zero-order valence-electron chi connectivity index (χ0n) is 13.3. The van der Waals surface area contributed by atoms with Gasteiger partial charge in [-0.1, -0.05) is 13.8 Å². The number of hydrogen-bond donors (Lipinski definition) is 1. The van der Waals surface area contributed by atoms with Gasteiger partial charge in [0.2, 0.25) is 0 Å². The van der Waals surface area contributed by atoms with Crippen LogP contribution in [0.15, 0.2) is 24.3 Å². The van der Waals surface area contributed by atoms with Crippen LogP contribution in [0, 0.1) is 18.7 Å². The molecule has 2 aromatic rings. The third kappa shape index (κ3) is 4.03. The number of carbonyl (C=O) groups is 2. The van der Waals surface area contributed by atoms with E-state index in [1.54, 1.807) is 19.1 Å². The second-order valence-electron chi connectivity index (χ2n) is 5.93. The van der Waals surface area contributed by atoms with Gasteiger partial charge in [0.1, 0.15) is 12.4 Å². The van der Waals surface area contributed by atoms with Crippen molar-refractivity contribution < 1.29 is 19.1 Å². The molecule has 0 radical (unpaired) electrons. The molecule has 0 unspecified atom stereocenters. The van der Waals surface area contributed by atoms with E-state index in [2.05, 4.69) is 4.98 Å². The minimum Gasteiger partial charge on any atom is -0.480 e. The SMILES string of the molecule is Cc1nc2cc(F)ccc2cc1C(=O)N(CC(=O)O)CC(C)C. The monoisotopic (exact) mass is 318 g/mol. The molecule has 0 saturated heterocycles. The number of carboxylic acid groups (broad SMARTS) is 1. The summed E-state index contributed by atoms with van der Waals surface area (Å²) >= 11 is 0. The molecular weight excluding hydrogens is 299 g/mol. The molecule has 5 nitrogen and oxygen atoms in total. The van der Waals surface area contributed by atoms with Crippen LogP contribution in [0.2, 0.25) is 0 Å². The molecule has 0 saturated carbocycles. The lowest BCUT2D eigenvalue weighted by Crippen LogP contribution is -2.38. The number of carbonyl (C=O) groups excluding carboxylic acids is 1. The van der Waals surface area contributed by atoms with Crippen molar-refractivity contribution in [2.75, 3.05) is 13.1 Å². The molecule has 0 aliphatic carbocycles. The minimum absolute atomic E-state index is 0.140. The number of amides is 1. The number of pyridine rings is 1. The van der Waals surface area contributed by atoms with Gasteiger partial charge in [-0.25, -0.2) is 4.39 Å². The van der Waals surface area contributed by atoms with Crippen LogP contribution in [0.25, 0.3) is 10.9 Å². The zero-order chi connectivity index (χ0) is 17.1. The molecule has 0 aliphatic heterocycles. The number of fused-ring (bicyclic) bond motifs is 1. The fourth-order valence-corrected chi connectivity index (χ4v) is 2.45. The lowest BCUT2D eigenvalue weighted by Gasteiger charge is -2.23. The molecule has 0 fully saturated rings. The maximum Gasteiger partial charge on any atom is 0.323 e. The summed E-state index contributed by atoms with van der Waals surface area (Å²) in [5, 5.41) is 9.65. The lowest BCUT2D eigenvalue weighted by molar-refractivity contribution is -0.137. The summed E-state index contributed by atoms with van der Waals surface area (Å²) in [6.07, 6.45) is 0. The van der Waals surface area contributed by atoms with Crippen molar-refractivity contribution >= 4 is 22.8 Å². The minimum atomic E-state index is -1.06. The van der Waals surface area contributed by atoms with E-state index in [-0.39, 0.29) is 18.4 Å². The predicted octanol–water partition coefficient (Wildman–Crippen LogP) is 2.87. The first-order valence-corrected chi connectivity index (χ1v) is 7.36. The molecule has 6 heteroatoms. The molecule has 1 aromatic heterocycles. The summed E-state index contributed by atoms with van der Waals surface area (Å²) in [4.78, 5) is 29.3. The topological polar surface area (TPSA) is 70.5 Å². The van der Waals surface area contributed by atoms with Crippen molar-refractivity contribution in [1.82, 2.24) is 9.88 Å². The van der Waals surface area contributed by atoms with Crippen molar-refractivity contribution in [1.29, 1.82) is 0 Å². The molecule has 1 N–H and O–H groups in total. The standard InChI is InChI=1S/C17H19FN2O3/c1-10(2)8-20(9-16(21)22)17(23)14-6-12-4-5-13(18)7-15(12)19-11(14)3/h4-7,10H,8-9H2,1-3H3,(H,21,22). The van der Waals surface area contributed by atoms with E-state index in [4.69, 9.17) is 5.11 Å². The molecule has 0 bridgehead atoms. The van der Waals surface area contributed by atoms with Crippen LogP contribution in [-0.4, -0.2) is 40.0 Å². The van der Waals surface area contributed by atoms with E-state index in [0.29, 0.717) is 28.7 Å². The van der Waals surface area contributed by atoms with E-state index in [1.165, 1.54) is 17.0 Å². The average molecular weight is 318 g/mol. The molecule has 2 rings (SSSR count). The lowest BCUT2D eigenvalue weighted by atomic mass is 10.1. The summed E-state index contributed by atoms with van der Waals surface area (Å²) in [5.41, 5.74) is 1.26. The highest BCUT2D eigenvalue weighted by Gasteiger charge is 2.22. The highest BCUT2D eigenvalue weighted by molar-refractivity contribution is 5.99. The first kappa shape index (κ1) is 16.9. The summed E-state index contributed by atoms with van der Waals surface area (Å²) in [7, 11) is 0. The van der Waals surface area contributed by atoms with Crippen LogP contribution < -0.4 is 0 Å². The Balaban J connectivity index is 2.43. The van der Waals surface area contributed by atoms with E-state index in [0.717, 1.165) is 0 Å². The molecule has 122 valence electrons. The van der Waals surface area contributed by atoms with Gasteiger partial charge in [0.25, 0.3) is 5.91 Å². The maximum atomic E-state index is 13.3. The highest BCUT2D eigenvalue weighted by atomic mass is 19.1. The van der Waals surface area contributed by atoms with E-state index in [1.807, 2.05) is 13.8 Å². The largest absolute Gasteiger partial charge is 0.480 e. The van der Waals surface area contributed by atoms with E-state index < -0.39 is 11.8 Å². The molecule has 23 heavy (non-hydrogen) atoms. The van der Waals surface area contributed by atoms with Crippen LogP contribution >= 0.6 is 0 Å². The Labute approximate surface area is 133 Å². The van der Waals surface area contributed by atoms with Gasteiger partial charge >= 0.3 is 5.97 Å². The molecule has 1 aromatic carbocycles. The molecule has 0 atom stereocenters. The number of hydrogen-bond acceptors (Lipinski definition) is 3. The Bertz CT molecular complexity index is 759. The van der Waals surface area contributed by atoms with Crippen LogP contribution in [0.3, 0.4) is 0 Å². The number of aryl methyl sites for hydroxylation is 1. The average Bonchev–Trinajstić information content (AvgIpc) is 2.44. The van der Waals surface area contributed by atoms with Crippen molar-refractivity contribution in [3.05, 3.63) is 41.3 Å². The smallest absolute Gasteiger partial charge is 0.323 e. The van der Waals surface area contributed by atoms with Gasteiger partial charge in [-0.2, -0.15) is 0 Å². The number of aliphatic carboxylic acids is 1. The Kier molecular flexibility index (Phi) is 4.93. The number of halogens is 1. The van der Waals surface area contributed by atoms with Crippen LogP contribution in [0.4, 0.5) is 4.39 Å². The normalized spacial score (nSPS) is 11.0. The van der Waals surface area contributed by atoms with Crippen LogP contribution in [0.1, 0.15) is 29.9 Å². The van der Waals surface area contributed by atoms with Gasteiger partial charge in [0.05, 0.1) is 16.8 Å². The van der Waals surface area contributed by atoms with Gasteiger partial charge in [-0.05, 0) is 31.0 Å². The Hall–Kier alpha value is -2.50. The first-order chi connectivity index (χ1) is 10.8. The molecule has 0 spiro atoms. The third-order valence-corrected chi connectivity index (χ3v) is 3.40. The molecule has 1 amide bonds. The Morgan fingerprint density at radius 3 is 2.61 bits per heavy atom. The van der Waals surface area contributed by atoms with Crippen molar-refractivity contribution in [3.63, 3.8) is 0 Å². The van der Waals surface area contributed by atoms with E-state index >= 15 is 0 Å². The van der Waals surface area contributed by atoms with Crippen LogP contribution in [0.5, 0.6) is 0 Å². The summed E-state index contributed by atoms with van der Waals surface area (Å²) in [6, 6.07) is 5.79. The first-order valence-electron chi connectivity index (χ1n) is 7.36. The van der Waals surface area contributed by atoms with Gasteiger partial charge in [0, 0.05) is 18.0 Å². The number of aromatic nitrogens is 1. The van der Waals surface area contributed by atoms with Gasteiger partial charge in [0.15, 0.2) is 0 Å². The summed E-state index contributed by atoms with van der Waals surface area (Å²) < 4.78 is 13.3. The number of carboxylic acids is 1. The van der Waals surface area contributed by atoms with Crippen LogP contribution in [-0.2, 0) is 4.79 Å². The molecule has 0 aliphatic rings. The number of benzene rings is 1. The second-order valence-corrected chi connectivity index (χ2v) is 5.93. The van der Waals surface area contributed by atoms with E-state index in [9.17, 15) is 14.0 Å². The van der Waals surface area contributed by atoms with Gasteiger partial charge in [-0.15, -0.1) is 0 Å². The molecule has 1 heterocycles. The molecular formula is C17H19FN2O3. The fourth-order valence-electron chi connectivity index (χ4n) is 2.45. The van der Waals surface area contributed by atoms with Crippen molar-refractivity contribution in [3.8, 4) is 0 Å². The van der Waals surface area contributed by atoms with Crippen molar-refractivity contribution in [2.24, 2.45) is 5.92 Å². The van der Waals surface area contributed by atoms with Gasteiger partial charge < -0.3 is 10.0 Å². The number of nitrogens with zero attached hydrogens (tertiary/aromatic N) is 2. The van der Waals surface area contributed by atoms with Gasteiger partial charge in [-0.3, -0.25) is 14.6 Å². The quantitative estimate of drug-likeness (QED) is 0.920. The number of rotatable bonds is 5. The Morgan fingerprint density at radius 2 is 2.00 bits per heavy atom. The fraction of sp³-hybridized carbons (Fsp3) is 0.353. The second kappa shape index (κ2) is 6.73. The van der Waals surface area contributed by atoms with Crippen molar-refractivity contribution in [2.45, 2.75) is 20.8 Å². The Morgan fingerprint density at radius 1 is 1.30 bits per heavy atom. The summed E-state index contributed by atoms with van der Waals surface area (Å²) in [5.74, 6) is -1.69. The maximum absolute atomic E-state index is 13.3. The third-order valence-electron chi connectivity index (χ3n) is 3.40.